The largest absolute Gasteiger partial charge is 0.484 e. The number of carbonyl (C=O) groups excluding carboxylic acids is 3. The summed E-state index contributed by atoms with van der Waals surface area (Å²) in [6.07, 6.45) is 0. The highest BCUT2D eigenvalue weighted by Gasteiger charge is 2.26. The van der Waals surface area contributed by atoms with Gasteiger partial charge in [0.2, 0.25) is 0 Å². The van der Waals surface area contributed by atoms with E-state index in [2.05, 4.69) is 5.32 Å². The number of nitrogens with one attached hydrogen (secondary N) is 1. The molecule has 0 unspecified atom stereocenters. The van der Waals surface area contributed by atoms with Crippen molar-refractivity contribution in [2.45, 2.75) is 27.4 Å². The van der Waals surface area contributed by atoms with Crippen LogP contribution in [0.2, 0.25) is 5.02 Å². The Kier molecular flexibility index (Phi) is 7.22. The SMILES string of the molecule is CCOC(=O)c1c(NC(=O)c2ccc(COc3c(C)cccc3Cl)o2)sc(C(N)=O)c1C. The highest BCUT2D eigenvalue weighted by atomic mass is 35.5. The highest BCUT2D eigenvalue weighted by molar-refractivity contribution is 7.18. The lowest BCUT2D eigenvalue weighted by atomic mass is 10.1. The van der Waals surface area contributed by atoms with Crippen molar-refractivity contribution >= 4 is 45.7 Å². The lowest BCUT2D eigenvalue weighted by Gasteiger charge is -2.09. The number of primary amides is 1. The lowest BCUT2D eigenvalue weighted by Crippen LogP contribution is -2.14. The molecule has 0 atom stereocenters. The van der Waals surface area contributed by atoms with Gasteiger partial charge in [0.25, 0.3) is 11.8 Å². The number of furan rings is 1. The van der Waals surface area contributed by atoms with Gasteiger partial charge in [-0.25, -0.2) is 4.79 Å². The van der Waals surface area contributed by atoms with Gasteiger partial charge in [-0.3, -0.25) is 9.59 Å². The van der Waals surface area contributed by atoms with E-state index in [4.69, 9.17) is 31.2 Å². The first-order valence-corrected chi connectivity index (χ1v) is 10.8. The van der Waals surface area contributed by atoms with E-state index in [-0.39, 0.29) is 34.4 Å². The molecule has 0 aliphatic carbocycles. The fraction of sp³-hybridized carbons (Fsp3) is 0.227. The van der Waals surface area contributed by atoms with E-state index < -0.39 is 17.8 Å². The summed E-state index contributed by atoms with van der Waals surface area (Å²) in [6.45, 7) is 5.30. The van der Waals surface area contributed by atoms with Gasteiger partial charge in [0.1, 0.15) is 23.1 Å². The number of benzene rings is 1. The van der Waals surface area contributed by atoms with E-state index in [1.54, 1.807) is 26.0 Å². The van der Waals surface area contributed by atoms with Crippen molar-refractivity contribution < 1.29 is 28.3 Å². The van der Waals surface area contributed by atoms with Crippen LogP contribution < -0.4 is 15.8 Å². The van der Waals surface area contributed by atoms with Crippen LogP contribution in [-0.4, -0.2) is 24.4 Å². The van der Waals surface area contributed by atoms with Gasteiger partial charge >= 0.3 is 5.97 Å². The predicted molar refractivity (Wildman–Crippen MR) is 121 cm³/mol. The molecule has 0 radical (unpaired) electrons. The number of thiophene rings is 1. The lowest BCUT2D eigenvalue weighted by molar-refractivity contribution is 0.0527. The van der Waals surface area contributed by atoms with Gasteiger partial charge in [0, 0.05) is 0 Å². The maximum Gasteiger partial charge on any atom is 0.341 e. The van der Waals surface area contributed by atoms with E-state index in [0.717, 1.165) is 16.9 Å². The van der Waals surface area contributed by atoms with E-state index >= 15 is 0 Å². The first-order valence-electron chi connectivity index (χ1n) is 9.61. The zero-order valence-corrected chi connectivity index (χ0v) is 19.2. The smallest absolute Gasteiger partial charge is 0.341 e. The Morgan fingerprint density at radius 1 is 1.19 bits per heavy atom. The summed E-state index contributed by atoms with van der Waals surface area (Å²) < 4.78 is 16.3. The Morgan fingerprint density at radius 3 is 2.59 bits per heavy atom. The molecule has 0 aliphatic rings. The molecule has 1 aromatic carbocycles. The number of nitrogens with two attached hydrogens (primary N) is 1. The summed E-state index contributed by atoms with van der Waals surface area (Å²) in [5.41, 5.74) is 6.68. The van der Waals surface area contributed by atoms with Crippen LogP contribution in [0, 0.1) is 13.8 Å². The molecule has 3 N–H and O–H groups in total. The van der Waals surface area contributed by atoms with Crippen molar-refractivity contribution in [1.29, 1.82) is 0 Å². The van der Waals surface area contributed by atoms with Gasteiger partial charge in [-0.1, -0.05) is 23.7 Å². The fourth-order valence-electron chi connectivity index (χ4n) is 2.97. The Bertz CT molecular complexity index is 1160. The van der Waals surface area contributed by atoms with Crippen LogP contribution >= 0.6 is 22.9 Å². The molecule has 0 fully saturated rings. The monoisotopic (exact) mass is 476 g/mol. The number of esters is 1. The van der Waals surface area contributed by atoms with Gasteiger partial charge in [-0.15, -0.1) is 11.3 Å². The Morgan fingerprint density at radius 2 is 1.94 bits per heavy atom. The van der Waals surface area contributed by atoms with Crippen molar-refractivity contribution in [3.8, 4) is 5.75 Å². The summed E-state index contributed by atoms with van der Waals surface area (Å²) in [6, 6.07) is 8.48. The summed E-state index contributed by atoms with van der Waals surface area (Å²) in [5, 5.41) is 3.23. The number of halogens is 1. The molecule has 0 saturated heterocycles. The highest BCUT2D eigenvalue weighted by Crippen LogP contribution is 2.34. The molecular formula is C22H21ClN2O6S. The molecule has 3 aromatic rings. The van der Waals surface area contributed by atoms with Crippen LogP contribution in [-0.2, 0) is 11.3 Å². The van der Waals surface area contributed by atoms with Crippen LogP contribution in [0.5, 0.6) is 5.75 Å². The third kappa shape index (κ3) is 4.95. The second kappa shape index (κ2) is 9.88. The first-order chi connectivity index (χ1) is 15.2. The van der Waals surface area contributed by atoms with E-state index in [1.807, 2.05) is 19.1 Å². The van der Waals surface area contributed by atoms with Crippen LogP contribution in [0.3, 0.4) is 0 Å². The van der Waals surface area contributed by atoms with E-state index in [0.29, 0.717) is 22.1 Å². The Balaban J connectivity index is 1.77. The number of hydrogen-bond donors (Lipinski definition) is 2. The third-order valence-electron chi connectivity index (χ3n) is 4.49. The molecule has 8 nitrogen and oxygen atoms in total. The van der Waals surface area contributed by atoms with Crippen LogP contribution in [0.1, 0.15) is 54.4 Å². The molecule has 3 rings (SSSR count). The molecule has 0 aliphatic heterocycles. The molecular weight excluding hydrogens is 456 g/mol. The number of hydrogen-bond acceptors (Lipinski definition) is 7. The summed E-state index contributed by atoms with van der Waals surface area (Å²) in [5.74, 6) is -1.03. The van der Waals surface area contributed by atoms with Gasteiger partial charge in [0.15, 0.2) is 5.76 Å². The minimum atomic E-state index is -0.703. The Labute approximate surface area is 193 Å². The molecule has 0 bridgehead atoms. The van der Waals surface area contributed by atoms with E-state index in [1.165, 1.54) is 6.07 Å². The van der Waals surface area contributed by atoms with E-state index in [9.17, 15) is 14.4 Å². The molecule has 10 heteroatoms. The molecule has 2 heterocycles. The molecule has 168 valence electrons. The minimum absolute atomic E-state index is 0.000896. The second-order valence-electron chi connectivity index (χ2n) is 6.74. The maximum absolute atomic E-state index is 12.7. The quantitative estimate of drug-likeness (QED) is 0.454. The Hall–Kier alpha value is -3.30. The predicted octanol–water partition coefficient (Wildman–Crippen LogP) is 4.72. The topological polar surface area (TPSA) is 121 Å². The van der Waals surface area contributed by atoms with Gasteiger partial charge in [-0.2, -0.15) is 0 Å². The van der Waals surface area contributed by atoms with Crippen molar-refractivity contribution in [3.63, 3.8) is 0 Å². The van der Waals surface area contributed by atoms with Gasteiger partial charge < -0.3 is 24.9 Å². The molecule has 0 spiro atoms. The average Bonchev–Trinajstić information content (AvgIpc) is 3.32. The maximum atomic E-state index is 12.7. The number of rotatable bonds is 8. The zero-order chi connectivity index (χ0) is 23.4. The number of carbonyl (C=O) groups is 3. The zero-order valence-electron chi connectivity index (χ0n) is 17.6. The molecule has 32 heavy (non-hydrogen) atoms. The number of amides is 2. The number of para-hydroxylation sites is 1. The second-order valence-corrected chi connectivity index (χ2v) is 8.17. The fourth-order valence-corrected chi connectivity index (χ4v) is 4.29. The van der Waals surface area contributed by atoms with Gasteiger partial charge in [0.05, 0.1) is 22.1 Å². The van der Waals surface area contributed by atoms with Crippen molar-refractivity contribution in [3.05, 3.63) is 68.4 Å². The minimum Gasteiger partial charge on any atom is -0.484 e. The number of anilines is 1. The van der Waals surface area contributed by atoms with Crippen LogP contribution in [0.4, 0.5) is 5.00 Å². The first kappa shape index (κ1) is 23.4. The van der Waals surface area contributed by atoms with Crippen LogP contribution in [0.15, 0.2) is 34.7 Å². The average molecular weight is 477 g/mol. The van der Waals surface area contributed by atoms with Crippen molar-refractivity contribution in [1.82, 2.24) is 0 Å². The summed E-state index contributed by atoms with van der Waals surface area (Å²) >= 11 is 7.05. The van der Waals surface area contributed by atoms with Gasteiger partial charge in [-0.05, 0) is 50.1 Å². The summed E-state index contributed by atoms with van der Waals surface area (Å²) in [4.78, 5) is 36.9. The number of aryl methyl sites for hydroxylation is 1. The third-order valence-corrected chi connectivity index (χ3v) is 6.00. The van der Waals surface area contributed by atoms with Crippen molar-refractivity contribution in [2.24, 2.45) is 5.73 Å². The molecule has 2 aromatic heterocycles. The standard InChI is InChI=1S/C22H21ClN2O6S/c1-4-29-22(28)16-12(3)18(19(24)26)32-21(16)25-20(27)15-9-8-13(31-15)10-30-17-11(2)6-5-7-14(17)23/h5-9H,4,10H2,1-3H3,(H2,24,26)(H,25,27). The summed E-state index contributed by atoms with van der Waals surface area (Å²) in [7, 11) is 0. The van der Waals surface area contributed by atoms with Crippen molar-refractivity contribution in [2.75, 3.05) is 11.9 Å². The van der Waals surface area contributed by atoms with Crippen LogP contribution in [0.25, 0.3) is 0 Å². The normalized spacial score (nSPS) is 10.6. The molecule has 2 amide bonds. The number of ether oxygens (including phenoxy) is 2. The molecule has 0 saturated carbocycles.